The van der Waals surface area contributed by atoms with E-state index in [0.29, 0.717) is 5.56 Å². The second-order valence-electron chi connectivity index (χ2n) is 4.37. The lowest BCUT2D eigenvalue weighted by molar-refractivity contribution is -0.132. The van der Waals surface area contributed by atoms with Crippen molar-refractivity contribution in [2.45, 2.75) is 25.1 Å². The first-order valence-corrected chi connectivity index (χ1v) is 6.48. The summed E-state index contributed by atoms with van der Waals surface area (Å²) in [5, 5.41) is 0. The molecular formula is C10H13N3O3S. The Morgan fingerprint density at radius 3 is 2.65 bits per heavy atom. The molecule has 1 saturated heterocycles. The number of hydrogen-bond donors (Lipinski definition) is 1. The van der Waals surface area contributed by atoms with Gasteiger partial charge in [0, 0.05) is 11.8 Å². The molecule has 0 bridgehead atoms. The zero-order valence-corrected chi connectivity index (χ0v) is 10.4. The van der Waals surface area contributed by atoms with Crippen LogP contribution in [-0.2, 0) is 21.4 Å². The Morgan fingerprint density at radius 1 is 1.47 bits per heavy atom. The maximum absolute atomic E-state index is 11.8. The Morgan fingerprint density at radius 2 is 2.12 bits per heavy atom. The first kappa shape index (κ1) is 11.8. The van der Waals surface area contributed by atoms with Crippen molar-refractivity contribution >= 4 is 21.7 Å². The summed E-state index contributed by atoms with van der Waals surface area (Å²) in [6, 6.07) is 3.30. The maximum atomic E-state index is 11.8. The van der Waals surface area contributed by atoms with Crippen molar-refractivity contribution in [2.24, 2.45) is 0 Å². The molecule has 17 heavy (non-hydrogen) atoms. The van der Waals surface area contributed by atoms with Gasteiger partial charge in [0.2, 0.25) is 0 Å². The van der Waals surface area contributed by atoms with Gasteiger partial charge >= 0.3 is 0 Å². The van der Waals surface area contributed by atoms with Gasteiger partial charge in [-0.05, 0) is 19.9 Å². The lowest BCUT2D eigenvalue weighted by atomic mass is 10.1. The summed E-state index contributed by atoms with van der Waals surface area (Å²) in [5.41, 5.74) is 6.13. The SMILES string of the molecule is CC1(C)C(=O)N(Cc2cccnc2N)S1(=O)=O. The highest BCUT2D eigenvalue weighted by Gasteiger charge is 2.59. The molecule has 6 nitrogen and oxygen atoms in total. The minimum Gasteiger partial charge on any atom is -0.383 e. The molecule has 0 spiro atoms. The molecule has 7 heteroatoms. The fourth-order valence-electron chi connectivity index (χ4n) is 1.65. The van der Waals surface area contributed by atoms with Gasteiger partial charge in [-0.15, -0.1) is 0 Å². The number of nitrogens with two attached hydrogens (primary N) is 1. The monoisotopic (exact) mass is 255 g/mol. The smallest absolute Gasteiger partial charge is 0.259 e. The summed E-state index contributed by atoms with van der Waals surface area (Å²) in [4.78, 5) is 15.5. The van der Waals surface area contributed by atoms with Crippen LogP contribution in [-0.4, -0.2) is 28.4 Å². The highest BCUT2D eigenvalue weighted by molar-refractivity contribution is 7.94. The van der Waals surface area contributed by atoms with E-state index in [2.05, 4.69) is 4.98 Å². The zero-order chi connectivity index (χ0) is 12.8. The predicted molar refractivity (Wildman–Crippen MR) is 62.2 cm³/mol. The molecule has 1 aliphatic rings. The molecule has 1 fully saturated rings. The molecule has 1 amide bonds. The van der Waals surface area contributed by atoms with E-state index in [4.69, 9.17) is 5.73 Å². The largest absolute Gasteiger partial charge is 0.383 e. The van der Waals surface area contributed by atoms with Crippen molar-refractivity contribution in [3.05, 3.63) is 23.9 Å². The molecule has 0 aliphatic carbocycles. The second kappa shape index (κ2) is 3.43. The van der Waals surface area contributed by atoms with Crippen LogP contribution >= 0.6 is 0 Å². The summed E-state index contributed by atoms with van der Waals surface area (Å²) in [6.45, 7) is 2.74. The number of amides is 1. The molecule has 1 aromatic rings. The lowest BCUT2D eigenvalue weighted by Gasteiger charge is -2.43. The predicted octanol–water partition coefficient (Wildman–Crippen LogP) is 0.114. The quantitative estimate of drug-likeness (QED) is 0.809. The van der Waals surface area contributed by atoms with E-state index in [1.807, 2.05) is 0 Å². The average Bonchev–Trinajstić information content (AvgIpc) is 2.26. The van der Waals surface area contributed by atoms with Crippen molar-refractivity contribution < 1.29 is 13.2 Å². The van der Waals surface area contributed by atoms with Crippen molar-refractivity contribution in [2.75, 3.05) is 5.73 Å². The maximum Gasteiger partial charge on any atom is 0.259 e. The number of anilines is 1. The van der Waals surface area contributed by atoms with Crippen LogP contribution in [0.5, 0.6) is 0 Å². The van der Waals surface area contributed by atoms with E-state index in [-0.39, 0.29) is 12.4 Å². The summed E-state index contributed by atoms with van der Waals surface area (Å²) >= 11 is 0. The molecule has 0 saturated carbocycles. The summed E-state index contributed by atoms with van der Waals surface area (Å²) in [6.07, 6.45) is 1.51. The second-order valence-corrected chi connectivity index (χ2v) is 6.79. The highest BCUT2D eigenvalue weighted by atomic mass is 32.2. The lowest BCUT2D eigenvalue weighted by Crippen LogP contribution is -2.66. The van der Waals surface area contributed by atoms with Crippen molar-refractivity contribution in [1.29, 1.82) is 0 Å². The van der Waals surface area contributed by atoms with Crippen LogP contribution in [0, 0.1) is 0 Å². The Balaban J connectivity index is 2.29. The first-order valence-electron chi connectivity index (χ1n) is 5.04. The molecular weight excluding hydrogens is 242 g/mol. The third-order valence-corrected chi connectivity index (χ3v) is 5.26. The summed E-state index contributed by atoms with van der Waals surface area (Å²) in [5.74, 6) is -0.180. The van der Waals surface area contributed by atoms with Crippen LogP contribution in [0.2, 0.25) is 0 Å². The molecule has 0 aromatic carbocycles. The number of pyridine rings is 1. The highest BCUT2D eigenvalue weighted by Crippen LogP contribution is 2.36. The molecule has 1 aromatic heterocycles. The summed E-state index contributed by atoms with van der Waals surface area (Å²) in [7, 11) is -3.56. The van der Waals surface area contributed by atoms with Gasteiger partial charge in [0.25, 0.3) is 15.9 Å². The normalized spacial score (nSPS) is 21.1. The van der Waals surface area contributed by atoms with Gasteiger partial charge in [-0.3, -0.25) is 4.79 Å². The van der Waals surface area contributed by atoms with E-state index < -0.39 is 20.7 Å². The average molecular weight is 255 g/mol. The van der Waals surface area contributed by atoms with Crippen LogP contribution < -0.4 is 5.73 Å². The molecule has 0 radical (unpaired) electrons. The third kappa shape index (κ3) is 1.49. The Hall–Kier alpha value is -1.63. The van der Waals surface area contributed by atoms with Gasteiger partial charge < -0.3 is 5.73 Å². The number of aromatic nitrogens is 1. The third-order valence-electron chi connectivity index (χ3n) is 2.92. The van der Waals surface area contributed by atoms with Crippen molar-refractivity contribution in [1.82, 2.24) is 9.29 Å². The van der Waals surface area contributed by atoms with E-state index in [1.54, 1.807) is 12.1 Å². The Kier molecular flexibility index (Phi) is 2.39. The molecule has 1 aliphatic heterocycles. The molecule has 2 N–H and O–H groups in total. The number of hydrogen-bond acceptors (Lipinski definition) is 5. The van der Waals surface area contributed by atoms with Crippen LogP contribution in [0.25, 0.3) is 0 Å². The van der Waals surface area contributed by atoms with Gasteiger partial charge in [0.15, 0.2) is 4.75 Å². The first-order chi connectivity index (χ1) is 7.78. The van der Waals surface area contributed by atoms with Gasteiger partial charge in [-0.2, -0.15) is 0 Å². The number of carbonyl (C=O) groups excluding carboxylic acids is 1. The molecule has 0 unspecified atom stereocenters. The van der Waals surface area contributed by atoms with Gasteiger partial charge in [0.05, 0.1) is 6.54 Å². The van der Waals surface area contributed by atoms with Crippen LogP contribution in [0.3, 0.4) is 0 Å². The topological polar surface area (TPSA) is 93.4 Å². The fourth-order valence-corrected chi connectivity index (χ4v) is 3.16. The van der Waals surface area contributed by atoms with E-state index in [9.17, 15) is 13.2 Å². The molecule has 2 heterocycles. The van der Waals surface area contributed by atoms with Crippen LogP contribution in [0.15, 0.2) is 18.3 Å². The van der Waals surface area contributed by atoms with E-state index in [0.717, 1.165) is 4.31 Å². The summed E-state index contributed by atoms with van der Waals surface area (Å²) < 4.78 is 23.2. The zero-order valence-electron chi connectivity index (χ0n) is 9.54. The van der Waals surface area contributed by atoms with E-state index in [1.165, 1.54) is 20.0 Å². The number of sulfonamides is 1. The molecule has 2 rings (SSSR count). The molecule has 92 valence electrons. The number of carbonyl (C=O) groups is 1. The number of nitrogen functional groups attached to an aromatic ring is 1. The Bertz CT molecular complexity index is 580. The van der Waals surface area contributed by atoms with Crippen LogP contribution in [0.1, 0.15) is 19.4 Å². The minimum atomic E-state index is -3.56. The van der Waals surface area contributed by atoms with Gasteiger partial charge in [0.1, 0.15) is 5.82 Å². The van der Waals surface area contributed by atoms with Gasteiger partial charge in [-0.25, -0.2) is 17.7 Å². The van der Waals surface area contributed by atoms with Crippen molar-refractivity contribution in [3.63, 3.8) is 0 Å². The standard InChI is InChI=1S/C10H13N3O3S/c1-10(2)9(14)13(17(10,15)16)6-7-4-3-5-12-8(7)11/h3-5H,6H2,1-2H3,(H2,11,12). The van der Waals surface area contributed by atoms with E-state index >= 15 is 0 Å². The minimum absolute atomic E-state index is 0.0513. The number of rotatable bonds is 2. The van der Waals surface area contributed by atoms with Crippen LogP contribution in [0.4, 0.5) is 5.82 Å². The van der Waals surface area contributed by atoms with Crippen molar-refractivity contribution in [3.8, 4) is 0 Å². The Labute approximate surface area is 99.5 Å². The molecule has 0 atom stereocenters. The van der Waals surface area contributed by atoms with Gasteiger partial charge in [-0.1, -0.05) is 6.07 Å². The number of nitrogens with zero attached hydrogens (tertiary/aromatic N) is 2. The fraction of sp³-hybridized carbons (Fsp3) is 0.400.